The second kappa shape index (κ2) is 9.35. The SMILES string of the molecule is CC(N)CCC(=O)NCCCCN1CC(C)CC(C)C1. The first-order valence-electron chi connectivity index (χ1n) is 8.22. The van der Waals surface area contributed by atoms with Crippen LogP contribution in [-0.4, -0.2) is 43.0 Å². The van der Waals surface area contributed by atoms with Crippen LogP contribution in [0, 0.1) is 11.8 Å². The highest BCUT2D eigenvalue weighted by Gasteiger charge is 2.20. The molecule has 20 heavy (non-hydrogen) atoms. The van der Waals surface area contributed by atoms with E-state index < -0.39 is 0 Å². The first-order chi connectivity index (χ1) is 9.47. The largest absolute Gasteiger partial charge is 0.356 e. The lowest BCUT2D eigenvalue weighted by Crippen LogP contribution is -2.39. The summed E-state index contributed by atoms with van der Waals surface area (Å²) in [6.07, 6.45) is 4.94. The van der Waals surface area contributed by atoms with Gasteiger partial charge in [0.25, 0.3) is 0 Å². The van der Waals surface area contributed by atoms with Crippen molar-refractivity contribution in [3.63, 3.8) is 0 Å². The smallest absolute Gasteiger partial charge is 0.220 e. The van der Waals surface area contributed by atoms with Gasteiger partial charge in [-0.15, -0.1) is 0 Å². The molecule has 1 rings (SSSR count). The Kier molecular flexibility index (Phi) is 8.15. The summed E-state index contributed by atoms with van der Waals surface area (Å²) in [7, 11) is 0. The maximum atomic E-state index is 11.5. The van der Waals surface area contributed by atoms with Crippen molar-refractivity contribution in [3.8, 4) is 0 Å². The van der Waals surface area contributed by atoms with Crippen molar-refractivity contribution in [2.45, 2.75) is 58.9 Å². The highest BCUT2D eigenvalue weighted by molar-refractivity contribution is 5.75. The summed E-state index contributed by atoms with van der Waals surface area (Å²) in [6.45, 7) is 11.1. The number of rotatable bonds is 8. The normalized spacial score (nSPS) is 25.4. The summed E-state index contributed by atoms with van der Waals surface area (Å²) in [5, 5.41) is 2.98. The quantitative estimate of drug-likeness (QED) is 0.670. The molecular weight excluding hydrogens is 250 g/mol. The average Bonchev–Trinajstić information content (AvgIpc) is 2.34. The molecule has 0 saturated carbocycles. The van der Waals surface area contributed by atoms with E-state index in [1.807, 2.05) is 6.92 Å². The maximum absolute atomic E-state index is 11.5. The lowest BCUT2D eigenvalue weighted by molar-refractivity contribution is -0.121. The zero-order valence-electron chi connectivity index (χ0n) is 13.5. The summed E-state index contributed by atoms with van der Waals surface area (Å²) in [4.78, 5) is 14.1. The van der Waals surface area contributed by atoms with Gasteiger partial charge in [-0.2, -0.15) is 0 Å². The van der Waals surface area contributed by atoms with Crippen molar-refractivity contribution >= 4 is 5.91 Å². The molecule has 0 radical (unpaired) electrons. The molecule has 1 aliphatic heterocycles. The van der Waals surface area contributed by atoms with Crippen molar-refractivity contribution in [2.75, 3.05) is 26.2 Å². The molecule has 3 atom stereocenters. The fraction of sp³-hybridized carbons (Fsp3) is 0.938. The van der Waals surface area contributed by atoms with Crippen LogP contribution in [0.15, 0.2) is 0 Å². The van der Waals surface area contributed by atoms with E-state index in [1.54, 1.807) is 0 Å². The van der Waals surface area contributed by atoms with Crippen molar-refractivity contribution < 1.29 is 4.79 Å². The fourth-order valence-corrected chi connectivity index (χ4v) is 3.11. The number of likely N-dealkylation sites (tertiary alicyclic amines) is 1. The molecule has 1 fully saturated rings. The predicted octanol–water partition coefficient (Wildman–Crippen LogP) is 1.99. The molecule has 1 amide bonds. The number of piperidine rings is 1. The van der Waals surface area contributed by atoms with Gasteiger partial charge in [0.2, 0.25) is 5.91 Å². The van der Waals surface area contributed by atoms with Crippen molar-refractivity contribution in [2.24, 2.45) is 17.6 Å². The monoisotopic (exact) mass is 283 g/mol. The Labute approximate surface area is 124 Å². The Morgan fingerprint density at radius 1 is 1.30 bits per heavy atom. The Morgan fingerprint density at radius 2 is 1.95 bits per heavy atom. The van der Waals surface area contributed by atoms with E-state index >= 15 is 0 Å². The number of carbonyl (C=O) groups is 1. The van der Waals surface area contributed by atoms with Crippen LogP contribution < -0.4 is 11.1 Å². The van der Waals surface area contributed by atoms with Crippen molar-refractivity contribution in [1.29, 1.82) is 0 Å². The zero-order chi connectivity index (χ0) is 15.0. The summed E-state index contributed by atoms with van der Waals surface area (Å²) in [5.41, 5.74) is 5.64. The van der Waals surface area contributed by atoms with Gasteiger partial charge in [0, 0.05) is 32.1 Å². The summed E-state index contributed by atoms with van der Waals surface area (Å²) in [6, 6.07) is 0.115. The topological polar surface area (TPSA) is 58.4 Å². The summed E-state index contributed by atoms with van der Waals surface area (Å²) >= 11 is 0. The van der Waals surface area contributed by atoms with Crippen LogP contribution in [0.3, 0.4) is 0 Å². The van der Waals surface area contributed by atoms with Gasteiger partial charge in [-0.3, -0.25) is 4.79 Å². The number of amides is 1. The van der Waals surface area contributed by atoms with E-state index in [1.165, 1.54) is 32.5 Å². The van der Waals surface area contributed by atoms with Crippen molar-refractivity contribution in [3.05, 3.63) is 0 Å². The maximum Gasteiger partial charge on any atom is 0.220 e. The van der Waals surface area contributed by atoms with Gasteiger partial charge < -0.3 is 16.0 Å². The lowest BCUT2D eigenvalue weighted by atomic mass is 9.92. The second-order valence-electron chi connectivity index (χ2n) is 6.78. The fourth-order valence-electron chi connectivity index (χ4n) is 3.11. The van der Waals surface area contributed by atoms with Gasteiger partial charge >= 0.3 is 0 Å². The molecule has 4 nitrogen and oxygen atoms in total. The molecule has 3 N–H and O–H groups in total. The van der Waals surface area contributed by atoms with Crippen LogP contribution in [0.2, 0.25) is 0 Å². The third kappa shape index (κ3) is 7.85. The number of hydrogen-bond acceptors (Lipinski definition) is 3. The van der Waals surface area contributed by atoms with E-state index in [0.717, 1.165) is 31.2 Å². The molecule has 0 spiro atoms. The molecule has 0 bridgehead atoms. The number of nitrogens with two attached hydrogens (primary N) is 1. The van der Waals surface area contributed by atoms with Crippen LogP contribution in [-0.2, 0) is 4.79 Å². The molecule has 0 aromatic rings. The number of carbonyl (C=O) groups excluding carboxylic acids is 1. The molecule has 0 aliphatic carbocycles. The Hall–Kier alpha value is -0.610. The minimum Gasteiger partial charge on any atom is -0.356 e. The van der Waals surface area contributed by atoms with Gasteiger partial charge in [-0.25, -0.2) is 0 Å². The van der Waals surface area contributed by atoms with Gasteiger partial charge in [0.05, 0.1) is 0 Å². The van der Waals surface area contributed by atoms with E-state index in [-0.39, 0.29) is 11.9 Å². The van der Waals surface area contributed by atoms with Crippen LogP contribution in [0.4, 0.5) is 0 Å². The molecular formula is C16H33N3O. The average molecular weight is 283 g/mol. The Morgan fingerprint density at radius 3 is 2.55 bits per heavy atom. The highest BCUT2D eigenvalue weighted by atomic mass is 16.1. The number of nitrogens with one attached hydrogen (secondary N) is 1. The molecule has 0 aromatic heterocycles. The molecule has 0 aromatic carbocycles. The molecule has 4 heteroatoms. The predicted molar refractivity (Wildman–Crippen MR) is 84.5 cm³/mol. The molecule has 1 aliphatic rings. The van der Waals surface area contributed by atoms with Gasteiger partial charge in [0.15, 0.2) is 0 Å². The standard InChI is InChI=1S/C16H33N3O/c1-13-10-14(2)12-19(11-13)9-5-4-8-18-16(20)7-6-15(3)17/h13-15H,4-12,17H2,1-3H3,(H,18,20). The van der Waals surface area contributed by atoms with E-state index in [4.69, 9.17) is 5.73 Å². The Balaban J connectivity index is 2.00. The Bertz CT molecular complexity index is 271. The van der Waals surface area contributed by atoms with Crippen molar-refractivity contribution in [1.82, 2.24) is 10.2 Å². The van der Waals surface area contributed by atoms with Gasteiger partial charge in [-0.05, 0) is 51.0 Å². The van der Waals surface area contributed by atoms with Crippen LogP contribution in [0.25, 0.3) is 0 Å². The second-order valence-corrected chi connectivity index (χ2v) is 6.78. The third-order valence-corrected chi connectivity index (χ3v) is 3.99. The highest BCUT2D eigenvalue weighted by Crippen LogP contribution is 2.20. The van der Waals surface area contributed by atoms with E-state index in [0.29, 0.717) is 6.42 Å². The number of hydrogen-bond donors (Lipinski definition) is 2. The first-order valence-corrected chi connectivity index (χ1v) is 8.22. The minimum absolute atomic E-state index is 0.115. The van der Waals surface area contributed by atoms with E-state index in [2.05, 4.69) is 24.1 Å². The zero-order valence-corrected chi connectivity index (χ0v) is 13.5. The molecule has 1 saturated heterocycles. The molecule has 1 heterocycles. The number of nitrogens with zero attached hydrogens (tertiary/aromatic N) is 1. The summed E-state index contributed by atoms with van der Waals surface area (Å²) in [5.74, 6) is 1.80. The van der Waals surface area contributed by atoms with Gasteiger partial charge in [0.1, 0.15) is 0 Å². The van der Waals surface area contributed by atoms with E-state index in [9.17, 15) is 4.79 Å². The van der Waals surface area contributed by atoms with Crippen LogP contribution in [0.1, 0.15) is 52.9 Å². The lowest BCUT2D eigenvalue weighted by Gasteiger charge is -2.34. The minimum atomic E-state index is 0.115. The van der Waals surface area contributed by atoms with Crippen LogP contribution >= 0.6 is 0 Å². The van der Waals surface area contributed by atoms with Gasteiger partial charge in [-0.1, -0.05) is 13.8 Å². The molecule has 118 valence electrons. The third-order valence-electron chi connectivity index (χ3n) is 3.99. The summed E-state index contributed by atoms with van der Waals surface area (Å²) < 4.78 is 0. The molecule has 3 unspecified atom stereocenters. The first kappa shape index (κ1) is 17.4. The number of unbranched alkanes of at least 4 members (excludes halogenated alkanes) is 1. The van der Waals surface area contributed by atoms with Crippen LogP contribution in [0.5, 0.6) is 0 Å².